The van der Waals surface area contributed by atoms with Gasteiger partial charge >= 0.3 is 0 Å². The summed E-state index contributed by atoms with van der Waals surface area (Å²) in [7, 11) is 0. The van der Waals surface area contributed by atoms with E-state index in [-0.39, 0.29) is 0 Å². The van der Waals surface area contributed by atoms with Crippen molar-refractivity contribution in [2.75, 3.05) is 23.7 Å². The van der Waals surface area contributed by atoms with Crippen LogP contribution in [-0.4, -0.2) is 19.2 Å². The molecule has 3 rings (SSSR count). The smallest absolute Gasteiger partial charge is 0.142 e. The van der Waals surface area contributed by atoms with E-state index >= 15 is 0 Å². The molecule has 0 atom stereocenters. The molecule has 2 N–H and O–H groups in total. The quantitative estimate of drug-likeness (QED) is 0.814. The highest BCUT2D eigenvalue weighted by atomic mass is 16.5. The van der Waals surface area contributed by atoms with Gasteiger partial charge in [-0.05, 0) is 50.3 Å². The first kappa shape index (κ1) is 10.8. The van der Waals surface area contributed by atoms with Crippen molar-refractivity contribution in [2.45, 2.75) is 38.2 Å². The lowest BCUT2D eigenvalue weighted by Crippen LogP contribution is -2.29. The Morgan fingerprint density at radius 1 is 1.12 bits per heavy atom. The van der Waals surface area contributed by atoms with Crippen molar-refractivity contribution in [3.05, 3.63) is 18.2 Å². The Bertz CT molecular complexity index is 395. The van der Waals surface area contributed by atoms with Crippen molar-refractivity contribution in [1.29, 1.82) is 0 Å². The number of nitrogens with zero attached hydrogens (tertiary/aromatic N) is 1. The third kappa shape index (κ3) is 2.48. The molecule has 1 aliphatic heterocycles. The van der Waals surface area contributed by atoms with E-state index in [0.29, 0.717) is 6.10 Å². The second-order valence-corrected chi connectivity index (χ2v) is 5.09. The molecule has 1 aromatic carbocycles. The Hall–Kier alpha value is -1.38. The minimum atomic E-state index is 0.415. The Kier molecular flexibility index (Phi) is 2.83. The van der Waals surface area contributed by atoms with Crippen LogP contribution in [0, 0.1) is 0 Å². The third-order valence-corrected chi connectivity index (χ3v) is 3.53. The lowest BCUT2D eigenvalue weighted by atomic mass is 10.1. The molecule has 2 aliphatic rings. The van der Waals surface area contributed by atoms with E-state index in [2.05, 4.69) is 17.0 Å². The lowest BCUT2D eigenvalue weighted by molar-refractivity contribution is 0.305. The van der Waals surface area contributed by atoms with E-state index in [1.165, 1.54) is 37.8 Å². The lowest BCUT2D eigenvalue weighted by Gasteiger charge is -2.29. The van der Waals surface area contributed by atoms with Gasteiger partial charge in [0.25, 0.3) is 0 Å². The van der Waals surface area contributed by atoms with Crippen LogP contribution in [0.3, 0.4) is 0 Å². The molecular formula is C14H20N2O. The molecule has 0 spiro atoms. The van der Waals surface area contributed by atoms with Crippen LogP contribution in [-0.2, 0) is 0 Å². The van der Waals surface area contributed by atoms with Crippen molar-refractivity contribution in [1.82, 2.24) is 0 Å². The van der Waals surface area contributed by atoms with Gasteiger partial charge in [-0.2, -0.15) is 0 Å². The molecule has 1 aromatic rings. The van der Waals surface area contributed by atoms with Crippen molar-refractivity contribution in [3.8, 4) is 5.75 Å². The van der Waals surface area contributed by atoms with Gasteiger partial charge in [-0.1, -0.05) is 0 Å². The first-order valence-electron chi connectivity index (χ1n) is 6.64. The normalized spacial score (nSPS) is 20.4. The van der Waals surface area contributed by atoms with E-state index in [1.54, 1.807) is 0 Å². The topological polar surface area (TPSA) is 38.5 Å². The highest BCUT2D eigenvalue weighted by Crippen LogP contribution is 2.33. The first-order chi connectivity index (χ1) is 8.33. The van der Waals surface area contributed by atoms with Gasteiger partial charge in [0.15, 0.2) is 0 Å². The zero-order valence-corrected chi connectivity index (χ0v) is 10.2. The number of nitrogens with two attached hydrogens (primary N) is 1. The van der Waals surface area contributed by atoms with Crippen LogP contribution in [0.5, 0.6) is 5.75 Å². The SMILES string of the molecule is Nc1cc(N2CCCCC2)ccc1OC1CC1. The Balaban J connectivity index is 1.74. The molecule has 1 saturated heterocycles. The number of hydrogen-bond acceptors (Lipinski definition) is 3. The van der Waals surface area contributed by atoms with Crippen LogP contribution in [0.25, 0.3) is 0 Å². The number of ether oxygens (including phenoxy) is 1. The van der Waals surface area contributed by atoms with Crippen LogP contribution in [0.2, 0.25) is 0 Å². The molecule has 1 saturated carbocycles. The summed E-state index contributed by atoms with van der Waals surface area (Å²) in [4.78, 5) is 2.42. The monoisotopic (exact) mass is 232 g/mol. The van der Waals surface area contributed by atoms with Crippen LogP contribution < -0.4 is 15.4 Å². The summed E-state index contributed by atoms with van der Waals surface area (Å²) in [6, 6.07) is 6.22. The predicted molar refractivity (Wildman–Crippen MR) is 70.6 cm³/mol. The molecule has 17 heavy (non-hydrogen) atoms. The van der Waals surface area contributed by atoms with Crippen molar-refractivity contribution >= 4 is 11.4 Å². The third-order valence-electron chi connectivity index (χ3n) is 3.53. The number of benzene rings is 1. The van der Waals surface area contributed by atoms with Crippen LogP contribution in [0.4, 0.5) is 11.4 Å². The van der Waals surface area contributed by atoms with Crippen LogP contribution in [0.15, 0.2) is 18.2 Å². The molecule has 1 aliphatic carbocycles. The van der Waals surface area contributed by atoms with Crippen molar-refractivity contribution < 1.29 is 4.74 Å². The zero-order valence-electron chi connectivity index (χ0n) is 10.2. The summed E-state index contributed by atoms with van der Waals surface area (Å²) >= 11 is 0. The molecule has 0 radical (unpaired) electrons. The molecule has 0 amide bonds. The number of anilines is 2. The van der Waals surface area contributed by atoms with Crippen molar-refractivity contribution in [2.24, 2.45) is 0 Å². The van der Waals surface area contributed by atoms with Gasteiger partial charge < -0.3 is 15.4 Å². The molecule has 0 bridgehead atoms. The molecule has 0 unspecified atom stereocenters. The van der Waals surface area contributed by atoms with E-state index in [0.717, 1.165) is 24.5 Å². The largest absolute Gasteiger partial charge is 0.488 e. The van der Waals surface area contributed by atoms with Crippen molar-refractivity contribution in [3.63, 3.8) is 0 Å². The van der Waals surface area contributed by atoms with Gasteiger partial charge in [0.2, 0.25) is 0 Å². The summed E-state index contributed by atoms with van der Waals surface area (Å²) in [6.07, 6.45) is 6.70. The van der Waals surface area contributed by atoms with Gasteiger partial charge in [-0.25, -0.2) is 0 Å². The summed E-state index contributed by atoms with van der Waals surface area (Å²) in [5.41, 5.74) is 8.07. The van der Waals surface area contributed by atoms with Gasteiger partial charge in [0.1, 0.15) is 5.75 Å². The number of nitrogen functional groups attached to an aromatic ring is 1. The predicted octanol–water partition coefficient (Wildman–Crippen LogP) is 2.80. The fraction of sp³-hybridized carbons (Fsp3) is 0.571. The fourth-order valence-corrected chi connectivity index (χ4v) is 2.36. The molecular weight excluding hydrogens is 212 g/mol. The number of piperidine rings is 1. The summed E-state index contributed by atoms with van der Waals surface area (Å²) < 4.78 is 5.75. The Morgan fingerprint density at radius 2 is 1.88 bits per heavy atom. The molecule has 92 valence electrons. The maximum atomic E-state index is 6.05. The number of rotatable bonds is 3. The maximum Gasteiger partial charge on any atom is 0.142 e. The summed E-state index contributed by atoms with van der Waals surface area (Å²) in [5, 5.41) is 0. The molecule has 1 heterocycles. The minimum absolute atomic E-state index is 0.415. The summed E-state index contributed by atoms with van der Waals surface area (Å²) in [6.45, 7) is 2.31. The Labute approximate surface area is 103 Å². The highest BCUT2D eigenvalue weighted by molar-refractivity contribution is 5.63. The first-order valence-corrected chi connectivity index (χ1v) is 6.64. The van der Waals surface area contributed by atoms with Gasteiger partial charge in [0.05, 0.1) is 11.8 Å². The van der Waals surface area contributed by atoms with E-state index < -0.39 is 0 Å². The fourth-order valence-electron chi connectivity index (χ4n) is 2.36. The van der Waals surface area contributed by atoms with Crippen LogP contribution >= 0.6 is 0 Å². The molecule has 3 heteroatoms. The molecule has 3 nitrogen and oxygen atoms in total. The van der Waals surface area contributed by atoms with E-state index in [9.17, 15) is 0 Å². The average Bonchev–Trinajstić information content (AvgIpc) is 3.17. The average molecular weight is 232 g/mol. The van der Waals surface area contributed by atoms with Gasteiger partial charge in [-0.3, -0.25) is 0 Å². The highest BCUT2D eigenvalue weighted by Gasteiger charge is 2.24. The number of hydrogen-bond donors (Lipinski definition) is 1. The van der Waals surface area contributed by atoms with Crippen LogP contribution in [0.1, 0.15) is 32.1 Å². The minimum Gasteiger partial charge on any atom is -0.488 e. The second-order valence-electron chi connectivity index (χ2n) is 5.09. The molecule has 2 fully saturated rings. The maximum absolute atomic E-state index is 6.05. The van der Waals surface area contributed by atoms with E-state index in [4.69, 9.17) is 10.5 Å². The van der Waals surface area contributed by atoms with Gasteiger partial charge in [0, 0.05) is 18.8 Å². The summed E-state index contributed by atoms with van der Waals surface area (Å²) in [5.74, 6) is 0.855. The Morgan fingerprint density at radius 3 is 2.53 bits per heavy atom. The van der Waals surface area contributed by atoms with Gasteiger partial charge in [-0.15, -0.1) is 0 Å². The molecule has 0 aromatic heterocycles. The second kappa shape index (κ2) is 4.47. The standard InChI is InChI=1S/C14H20N2O/c15-13-10-11(16-8-2-1-3-9-16)4-7-14(13)17-12-5-6-12/h4,7,10,12H,1-3,5-6,8-9,15H2. The zero-order chi connectivity index (χ0) is 11.7. The van der Waals surface area contributed by atoms with E-state index in [1.807, 2.05) is 6.07 Å².